The van der Waals surface area contributed by atoms with Crippen LogP contribution < -0.4 is 0 Å². The largest absolute Gasteiger partial charge is 0.478 e. The lowest BCUT2D eigenvalue weighted by Crippen LogP contribution is -2.52. The third-order valence-corrected chi connectivity index (χ3v) is 3.42. The standard InChI is InChI=1S/C11H8F4O7S/c12-10(13,11(14,15)23(19,20)21)9(18)22-5-6-1-3-7(4-2-6)8(16)17/h1-4H,5H2,(H,16,17)(H,19,20,21). The van der Waals surface area contributed by atoms with Crippen molar-refractivity contribution >= 4 is 22.1 Å². The van der Waals surface area contributed by atoms with Gasteiger partial charge in [0.2, 0.25) is 0 Å². The Morgan fingerprint density at radius 2 is 1.57 bits per heavy atom. The van der Waals surface area contributed by atoms with Crippen LogP contribution in [0.1, 0.15) is 15.9 Å². The maximum atomic E-state index is 13.1. The van der Waals surface area contributed by atoms with Crippen molar-refractivity contribution in [2.24, 2.45) is 0 Å². The molecule has 0 saturated carbocycles. The minimum Gasteiger partial charge on any atom is -0.478 e. The maximum Gasteiger partial charge on any atom is 0.443 e. The summed E-state index contributed by atoms with van der Waals surface area (Å²) in [5.74, 6) is -9.97. The molecule has 128 valence electrons. The molecular weight excluding hydrogens is 352 g/mol. The van der Waals surface area contributed by atoms with E-state index in [1.165, 1.54) is 0 Å². The van der Waals surface area contributed by atoms with Gasteiger partial charge in [0, 0.05) is 0 Å². The van der Waals surface area contributed by atoms with Gasteiger partial charge in [-0.2, -0.15) is 26.0 Å². The number of alkyl halides is 4. The molecule has 1 aromatic rings. The van der Waals surface area contributed by atoms with Gasteiger partial charge < -0.3 is 9.84 Å². The molecule has 0 aromatic heterocycles. The molecule has 0 aliphatic heterocycles. The van der Waals surface area contributed by atoms with E-state index < -0.39 is 39.8 Å². The van der Waals surface area contributed by atoms with Crippen LogP contribution in [0.15, 0.2) is 24.3 Å². The lowest BCUT2D eigenvalue weighted by Gasteiger charge is -2.21. The third kappa shape index (κ3) is 3.76. The van der Waals surface area contributed by atoms with Gasteiger partial charge in [0.1, 0.15) is 6.61 Å². The molecule has 0 spiro atoms. The summed E-state index contributed by atoms with van der Waals surface area (Å²) in [4.78, 5) is 21.6. The average Bonchev–Trinajstić information content (AvgIpc) is 2.43. The van der Waals surface area contributed by atoms with Crippen LogP contribution in [0.3, 0.4) is 0 Å². The van der Waals surface area contributed by atoms with Gasteiger partial charge in [-0.15, -0.1) is 0 Å². The Kier molecular flexibility index (Phi) is 5.01. The molecule has 0 saturated heterocycles. The molecular formula is C11H8F4O7S. The highest BCUT2D eigenvalue weighted by molar-refractivity contribution is 7.87. The number of hydrogen-bond acceptors (Lipinski definition) is 5. The molecule has 0 fully saturated rings. The van der Waals surface area contributed by atoms with Crippen LogP contribution in [0.25, 0.3) is 0 Å². The summed E-state index contributed by atoms with van der Waals surface area (Å²) in [5, 5.41) is 2.55. The van der Waals surface area contributed by atoms with Crippen LogP contribution in [0, 0.1) is 0 Å². The Bertz CT molecular complexity index is 712. The van der Waals surface area contributed by atoms with Crippen molar-refractivity contribution in [3.05, 3.63) is 35.4 Å². The first-order chi connectivity index (χ1) is 10.3. The van der Waals surface area contributed by atoms with E-state index in [0.29, 0.717) is 0 Å². The SMILES string of the molecule is O=C(O)c1ccc(COC(=O)C(F)(F)C(F)(F)S(=O)(=O)O)cc1. The highest BCUT2D eigenvalue weighted by Gasteiger charge is 2.71. The normalized spacial score (nSPS) is 12.7. The molecule has 7 nitrogen and oxygen atoms in total. The van der Waals surface area contributed by atoms with Gasteiger partial charge >= 0.3 is 33.2 Å². The number of aromatic carboxylic acids is 1. The average molecular weight is 360 g/mol. The van der Waals surface area contributed by atoms with Crippen molar-refractivity contribution in [1.82, 2.24) is 0 Å². The van der Waals surface area contributed by atoms with Gasteiger partial charge in [-0.25, -0.2) is 9.59 Å². The Labute approximate surface area is 126 Å². The molecule has 0 heterocycles. The van der Waals surface area contributed by atoms with Crippen LogP contribution in [0.5, 0.6) is 0 Å². The highest BCUT2D eigenvalue weighted by atomic mass is 32.2. The number of carbonyl (C=O) groups excluding carboxylic acids is 1. The second-order valence-corrected chi connectivity index (χ2v) is 5.61. The van der Waals surface area contributed by atoms with Gasteiger partial charge in [0.15, 0.2) is 0 Å². The number of hydrogen-bond donors (Lipinski definition) is 2. The minimum atomic E-state index is -6.55. The Morgan fingerprint density at radius 3 is 1.96 bits per heavy atom. The summed E-state index contributed by atoms with van der Waals surface area (Å²) in [6.45, 7) is -0.949. The van der Waals surface area contributed by atoms with E-state index in [1.54, 1.807) is 0 Å². The zero-order valence-electron chi connectivity index (χ0n) is 10.9. The van der Waals surface area contributed by atoms with Crippen molar-refractivity contribution in [2.75, 3.05) is 0 Å². The predicted octanol–water partition coefficient (Wildman–Crippen LogP) is 1.54. The maximum absolute atomic E-state index is 13.1. The number of benzene rings is 1. The minimum absolute atomic E-state index is 0.0191. The van der Waals surface area contributed by atoms with E-state index >= 15 is 0 Å². The number of rotatable bonds is 6. The fraction of sp³-hybridized carbons (Fsp3) is 0.273. The van der Waals surface area contributed by atoms with Gasteiger partial charge in [0.25, 0.3) is 0 Å². The molecule has 0 bridgehead atoms. The lowest BCUT2D eigenvalue weighted by atomic mass is 10.1. The lowest BCUT2D eigenvalue weighted by molar-refractivity contribution is -0.206. The first-order valence-electron chi connectivity index (χ1n) is 5.53. The monoisotopic (exact) mass is 360 g/mol. The zero-order valence-corrected chi connectivity index (χ0v) is 11.7. The first kappa shape index (κ1) is 18.8. The van der Waals surface area contributed by atoms with Crippen molar-refractivity contribution in [1.29, 1.82) is 0 Å². The van der Waals surface area contributed by atoms with Crippen molar-refractivity contribution < 1.29 is 50.0 Å². The molecule has 0 aliphatic carbocycles. The topological polar surface area (TPSA) is 118 Å². The fourth-order valence-electron chi connectivity index (χ4n) is 1.26. The molecule has 0 radical (unpaired) electrons. The predicted molar refractivity (Wildman–Crippen MR) is 64.6 cm³/mol. The summed E-state index contributed by atoms with van der Waals surface area (Å²) < 4.78 is 84.4. The van der Waals surface area contributed by atoms with E-state index in [9.17, 15) is 35.6 Å². The fourth-order valence-corrected chi connectivity index (χ4v) is 1.67. The van der Waals surface area contributed by atoms with Gasteiger partial charge in [-0.3, -0.25) is 4.55 Å². The van der Waals surface area contributed by atoms with Crippen LogP contribution in [-0.4, -0.2) is 41.2 Å². The summed E-state index contributed by atoms with van der Waals surface area (Å²) >= 11 is 0. The Morgan fingerprint density at radius 1 is 1.09 bits per heavy atom. The first-order valence-corrected chi connectivity index (χ1v) is 6.97. The molecule has 2 N–H and O–H groups in total. The quantitative estimate of drug-likeness (QED) is 0.449. The molecule has 12 heteroatoms. The number of halogens is 4. The van der Waals surface area contributed by atoms with Crippen molar-refractivity contribution in [3.63, 3.8) is 0 Å². The van der Waals surface area contributed by atoms with Gasteiger partial charge in [-0.05, 0) is 17.7 Å². The van der Waals surface area contributed by atoms with E-state index in [-0.39, 0.29) is 11.1 Å². The zero-order chi connectivity index (χ0) is 18.1. The summed E-state index contributed by atoms with van der Waals surface area (Å²) in [6, 6.07) is 4.21. The molecule has 0 unspecified atom stereocenters. The number of esters is 1. The molecule has 0 aliphatic rings. The van der Waals surface area contributed by atoms with Crippen molar-refractivity contribution in [2.45, 2.75) is 17.8 Å². The summed E-state index contributed by atoms with van der Waals surface area (Å²) in [7, 11) is -6.55. The Balaban J connectivity index is 2.85. The smallest absolute Gasteiger partial charge is 0.443 e. The van der Waals surface area contributed by atoms with E-state index in [0.717, 1.165) is 24.3 Å². The summed E-state index contributed by atoms with van der Waals surface area (Å²) in [6.07, 6.45) is 0. The van der Waals surface area contributed by atoms with Gasteiger partial charge in [-0.1, -0.05) is 12.1 Å². The number of carboxylic acid groups (broad SMARTS) is 1. The molecule has 1 aromatic carbocycles. The van der Waals surface area contributed by atoms with Crippen molar-refractivity contribution in [3.8, 4) is 0 Å². The highest BCUT2D eigenvalue weighted by Crippen LogP contribution is 2.39. The van der Waals surface area contributed by atoms with Gasteiger partial charge in [0.05, 0.1) is 5.56 Å². The molecule has 23 heavy (non-hydrogen) atoms. The molecule has 0 amide bonds. The van der Waals surface area contributed by atoms with E-state index in [1.807, 2.05) is 0 Å². The second kappa shape index (κ2) is 6.12. The summed E-state index contributed by atoms with van der Waals surface area (Å²) in [5.41, 5.74) is -0.183. The number of carbonyl (C=O) groups is 2. The second-order valence-electron chi connectivity index (χ2n) is 4.14. The Hall–Kier alpha value is -2.21. The number of ether oxygens (including phenoxy) is 1. The third-order valence-electron chi connectivity index (χ3n) is 2.52. The van der Waals surface area contributed by atoms with Crippen LogP contribution >= 0.6 is 0 Å². The van der Waals surface area contributed by atoms with Crippen LogP contribution in [0.4, 0.5) is 17.6 Å². The molecule has 1 rings (SSSR count). The number of carboxylic acids is 1. The molecule has 0 atom stereocenters. The van der Waals surface area contributed by atoms with E-state index in [4.69, 9.17) is 9.66 Å². The van der Waals surface area contributed by atoms with Crippen LogP contribution in [0.2, 0.25) is 0 Å². The van der Waals surface area contributed by atoms with E-state index in [2.05, 4.69) is 4.74 Å². The van der Waals surface area contributed by atoms with Crippen LogP contribution in [-0.2, 0) is 26.3 Å².